The van der Waals surface area contributed by atoms with Gasteiger partial charge in [-0.3, -0.25) is 4.79 Å². The van der Waals surface area contributed by atoms with Crippen LogP contribution in [0.15, 0.2) is 54.7 Å². The number of aliphatic carboxylic acids is 1. The molecule has 0 aliphatic rings. The van der Waals surface area contributed by atoms with Crippen LogP contribution >= 0.6 is 0 Å². The summed E-state index contributed by atoms with van der Waals surface area (Å²) in [6.07, 6.45) is 3.48. The van der Waals surface area contributed by atoms with E-state index in [1.807, 2.05) is 42.7 Å². The van der Waals surface area contributed by atoms with Crippen molar-refractivity contribution in [2.45, 2.75) is 46.3 Å². The zero-order valence-corrected chi connectivity index (χ0v) is 18.7. The van der Waals surface area contributed by atoms with Crippen LogP contribution in [0.1, 0.15) is 37.4 Å². The molecule has 0 radical (unpaired) electrons. The molecule has 0 amide bonds. The smallest absolute Gasteiger partial charge is 0.387 e. The fourth-order valence-electron chi connectivity index (χ4n) is 3.64. The minimum atomic E-state index is -2.86. The molecule has 6 nitrogen and oxygen atoms in total. The molecule has 3 rings (SSSR count). The molecule has 0 fully saturated rings. The lowest BCUT2D eigenvalue weighted by Crippen LogP contribution is -2.09. The number of nitrogens with zero attached hydrogens (tertiary/aromatic N) is 2. The molecular weight excluding hydrogens is 430 g/mol. The van der Waals surface area contributed by atoms with Crippen molar-refractivity contribution in [2.75, 3.05) is 6.61 Å². The number of rotatable bonds is 12. The maximum atomic E-state index is 12.4. The molecule has 1 aromatic heterocycles. The van der Waals surface area contributed by atoms with Gasteiger partial charge in [-0.15, -0.1) is 0 Å². The average molecular weight is 459 g/mol. The Morgan fingerprint density at radius 1 is 1.15 bits per heavy atom. The molecule has 0 saturated heterocycles. The van der Waals surface area contributed by atoms with Gasteiger partial charge in [0.15, 0.2) is 0 Å². The largest absolute Gasteiger partial charge is 0.493 e. The Balaban J connectivity index is 1.69. The number of alkyl halides is 2. The number of para-hydroxylation sites is 1. The third kappa shape index (κ3) is 7.03. The highest BCUT2D eigenvalue weighted by molar-refractivity contribution is 5.66. The Hall–Kier alpha value is -3.42. The molecule has 0 bridgehead atoms. The van der Waals surface area contributed by atoms with Crippen molar-refractivity contribution in [3.8, 4) is 22.9 Å². The summed E-state index contributed by atoms with van der Waals surface area (Å²) >= 11 is 0. The minimum Gasteiger partial charge on any atom is -0.493 e. The van der Waals surface area contributed by atoms with Gasteiger partial charge in [-0.25, -0.2) is 4.98 Å². The predicted octanol–water partition coefficient (Wildman–Crippen LogP) is 5.78. The van der Waals surface area contributed by atoms with Gasteiger partial charge in [-0.05, 0) is 56.0 Å². The summed E-state index contributed by atoms with van der Waals surface area (Å²) in [7, 11) is 0. The number of aryl methyl sites for hydroxylation is 1. The first kappa shape index (κ1) is 24.2. The Morgan fingerprint density at radius 3 is 2.58 bits per heavy atom. The third-order valence-electron chi connectivity index (χ3n) is 5.32. The van der Waals surface area contributed by atoms with Gasteiger partial charge < -0.3 is 19.1 Å². The van der Waals surface area contributed by atoms with Gasteiger partial charge in [0.1, 0.15) is 17.3 Å². The van der Waals surface area contributed by atoms with E-state index in [1.165, 1.54) is 12.1 Å². The highest BCUT2D eigenvalue weighted by Gasteiger charge is 2.14. The van der Waals surface area contributed by atoms with Crippen LogP contribution in [-0.4, -0.2) is 33.8 Å². The molecular formula is C25H28F2N2O4. The summed E-state index contributed by atoms with van der Waals surface area (Å²) in [5.41, 5.74) is 2.72. The van der Waals surface area contributed by atoms with Crippen LogP contribution in [0.5, 0.6) is 11.5 Å². The number of carbonyl (C=O) groups is 1. The number of ether oxygens (including phenoxy) is 2. The third-order valence-corrected chi connectivity index (χ3v) is 5.32. The molecule has 1 atom stereocenters. The molecule has 0 saturated carbocycles. The highest BCUT2D eigenvalue weighted by Crippen LogP contribution is 2.27. The standard InChI is InChI=1S/C25H28F2N2O4/c1-17(14-23(30)31)6-5-13-32-22-8-4-3-7-20(22)16-29-18(2)15-28-24(29)19-9-11-21(12-10-19)33-25(26)27/h3-4,7-12,15,17,25H,5-6,13-14,16H2,1-2H3,(H,30,31)/t17-/m1/s1. The van der Waals surface area contributed by atoms with E-state index >= 15 is 0 Å². The lowest BCUT2D eigenvalue weighted by molar-refractivity contribution is -0.138. The van der Waals surface area contributed by atoms with E-state index in [-0.39, 0.29) is 18.1 Å². The maximum Gasteiger partial charge on any atom is 0.387 e. The van der Waals surface area contributed by atoms with E-state index in [2.05, 4.69) is 9.72 Å². The fraction of sp³-hybridized carbons (Fsp3) is 0.360. The molecule has 1 N–H and O–H groups in total. The van der Waals surface area contributed by atoms with Crippen LogP contribution in [0, 0.1) is 12.8 Å². The molecule has 1 heterocycles. The fourth-order valence-corrected chi connectivity index (χ4v) is 3.64. The average Bonchev–Trinajstić information content (AvgIpc) is 3.12. The van der Waals surface area contributed by atoms with Crippen LogP contribution in [0.2, 0.25) is 0 Å². The second-order valence-corrected chi connectivity index (χ2v) is 8.01. The van der Waals surface area contributed by atoms with Crippen LogP contribution in [-0.2, 0) is 11.3 Å². The van der Waals surface area contributed by atoms with Crippen molar-refractivity contribution in [1.29, 1.82) is 0 Å². The van der Waals surface area contributed by atoms with E-state index < -0.39 is 12.6 Å². The highest BCUT2D eigenvalue weighted by atomic mass is 19.3. The second-order valence-electron chi connectivity index (χ2n) is 8.01. The number of halogens is 2. The van der Waals surface area contributed by atoms with E-state index in [0.29, 0.717) is 19.0 Å². The van der Waals surface area contributed by atoms with E-state index in [9.17, 15) is 13.6 Å². The molecule has 0 unspecified atom stereocenters. The van der Waals surface area contributed by atoms with Crippen LogP contribution in [0.25, 0.3) is 11.4 Å². The summed E-state index contributed by atoms with van der Waals surface area (Å²) in [6, 6.07) is 14.2. The molecule has 8 heteroatoms. The van der Waals surface area contributed by atoms with Gasteiger partial charge in [0, 0.05) is 29.4 Å². The van der Waals surface area contributed by atoms with Gasteiger partial charge in [0.05, 0.1) is 13.2 Å². The van der Waals surface area contributed by atoms with E-state index in [1.54, 1.807) is 18.3 Å². The van der Waals surface area contributed by atoms with Gasteiger partial charge in [0.25, 0.3) is 0 Å². The minimum absolute atomic E-state index is 0.0972. The SMILES string of the molecule is Cc1cnc(-c2ccc(OC(F)F)cc2)n1Cc1ccccc1OCCC[C@@H](C)CC(=O)O. The Bertz CT molecular complexity index is 1050. The molecule has 0 spiro atoms. The van der Waals surface area contributed by atoms with Crippen molar-refractivity contribution in [1.82, 2.24) is 9.55 Å². The number of aromatic nitrogens is 2. The van der Waals surface area contributed by atoms with Gasteiger partial charge in [-0.1, -0.05) is 25.1 Å². The molecule has 33 heavy (non-hydrogen) atoms. The number of carboxylic acid groups (broad SMARTS) is 1. The normalized spacial score (nSPS) is 12.0. The quantitative estimate of drug-likeness (QED) is 0.349. The molecule has 176 valence electrons. The monoisotopic (exact) mass is 458 g/mol. The second kappa shape index (κ2) is 11.4. The first-order valence-corrected chi connectivity index (χ1v) is 10.8. The number of imidazole rings is 1. The molecule has 0 aliphatic carbocycles. The molecule has 3 aromatic rings. The van der Waals surface area contributed by atoms with Crippen molar-refractivity contribution < 1.29 is 28.2 Å². The predicted molar refractivity (Wildman–Crippen MR) is 121 cm³/mol. The van der Waals surface area contributed by atoms with Crippen molar-refractivity contribution >= 4 is 5.97 Å². The maximum absolute atomic E-state index is 12.4. The van der Waals surface area contributed by atoms with Gasteiger partial charge >= 0.3 is 12.6 Å². The van der Waals surface area contributed by atoms with Crippen molar-refractivity contribution in [3.63, 3.8) is 0 Å². The zero-order chi connectivity index (χ0) is 23.8. The first-order valence-electron chi connectivity index (χ1n) is 10.8. The summed E-state index contributed by atoms with van der Waals surface area (Å²) < 4.78 is 37.3. The Labute approximate surface area is 191 Å². The van der Waals surface area contributed by atoms with Gasteiger partial charge in [0.2, 0.25) is 0 Å². The van der Waals surface area contributed by atoms with Crippen LogP contribution < -0.4 is 9.47 Å². The van der Waals surface area contributed by atoms with Crippen LogP contribution in [0.3, 0.4) is 0 Å². The van der Waals surface area contributed by atoms with Crippen molar-refractivity contribution in [2.24, 2.45) is 5.92 Å². The van der Waals surface area contributed by atoms with E-state index in [0.717, 1.165) is 35.4 Å². The summed E-state index contributed by atoms with van der Waals surface area (Å²) in [6.45, 7) is 2.05. The molecule has 2 aromatic carbocycles. The molecule has 0 aliphatic heterocycles. The Morgan fingerprint density at radius 2 is 1.88 bits per heavy atom. The lowest BCUT2D eigenvalue weighted by atomic mass is 10.0. The first-order chi connectivity index (χ1) is 15.8. The Kier molecular flexibility index (Phi) is 8.40. The summed E-state index contributed by atoms with van der Waals surface area (Å²) in [4.78, 5) is 15.3. The van der Waals surface area contributed by atoms with E-state index in [4.69, 9.17) is 9.84 Å². The van der Waals surface area contributed by atoms with Crippen LogP contribution in [0.4, 0.5) is 8.78 Å². The summed E-state index contributed by atoms with van der Waals surface area (Å²) in [5, 5.41) is 8.88. The number of carboxylic acids is 1. The lowest BCUT2D eigenvalue weighted by Gasteiger charge is -2.15. The summed E-state index contributed by atoms with van der Waals surface area (Å²) in [5.74, 6) is 0.906. The number of benzene rings is 2. The topological polar surface area (TPSA) is 73.6 Å². The number of hydrogen-bond donors (Lipinski definition) is 1. The zero-order valence-electron chi connectivity index (χ0n) is 18.7. The van der Waals surface area contributed by atoms with Gasteiger partial charge in [-0.2, -0.15) is 8.78 Å². The number of hydrogen-bond acceptors (Lipinski definition) is 4. The van der Waals surface area contributed by atoms with Crippen molar-refractivity contribution in [3.05, 3.63) is 66.0 Å².